The average Bonchev–Trinajstić information content (AvgIpc) is 2.51. The van der Waals surface area contributed by atoms with Gasteiger partial charge in [-0.3, -0.25) is 4.99 Å². The minimum absolute atomic E-state index is 0. The van der Waals surface area contributed by atoms with Crippen LogP contribution in [0.4, 0.5) is 0 Å². The van der Waals surface area contributed by atoms with Crippen molar-refractivity contribution < 1.29 is 13.2 Å². The van der Waals surface area contributed by atoms with Crippen LogP contribution in [-0.4, -0.2) is 53.5 Å². The molecule has 0 aliphatic heterocycles. The van der Waals surface area contributed by atoms with E-state index in [0.29, 0.717) is 24.7 Å². The summed E-state index contributed by atoms with van der Waals surface area (Å²) in [5.41, 5.74) is 1.08. The van der Waals surface area contributed by atoms with Crippen molar-refractivity contribution in [3.05, 3.63) is 29.8 Å². The van der Waals surface area contributed by atoms with Gasteiger partial charge >= 0.3 is 0 Å². The van der Waals surface area contributed by atoms with Crippen LogP contribution >= 0.6 is 24.0 Å². The summed E-state index contributed by atoms with van der Waals surface area (Å²) in [6.07, 6.45) is 2.00. The second-order valence-electron chi connectivity index (χ2n) is 5.05. The lowest BCUT2D eigenvalue weighted by atomic mass is 10.1. The van der Waals surface area contributed by atoms with Gasteiger partial charge in [0.2, 0.25) is 0 Å². The van der Waals surface area contributed by atoms with Gasteiger partial charge in [-0.15, -0.1) is 24.0 Å². The SMILES string of the molecule is CCNC(=NCCOCC)NCCc1ccc(S(C)(=O)=O)cc1.I. The van der Waals surface area contributed by atoms with Gasteiger partial charge in [0.25, 0.3) is 0 Å². The second kappa shape index (κ2) is 12.5. The molecule has 0 aliphatic carbocycles. The van der Waals surface area contributed by atoms with Crippen molar-refractivity contribution in [2.24, 2.45) is 4.99 Å². The molecule has 0 fully saturated rings. The number of ether oxygens (including phenoxy) is 1. The lowest BCUT2D eigenvalue weighted by molar-refractivity contribution is 0.155. The van der Waals surface area contributed by atoms with Gasteiger partial charge in [-0.05, 0) is 38.0 Å². The van der Waals surface area contributed by atoms with E-state index in [1.807, 2.05) is 26.0 Å². The molecule has 0 unspecified atom stereocenters. The standard InChI is InChI=1S/C16H27N3O3S.HI/c1-4-17-16(19-12-13-22-5-2)18-11-10-14-6-8-15(9-7-14)23(3,20)21;/h6-9H,4-5,10-13H2,1-3H3,(H2,17,18,19);1H. The summed E-state index contributed by atoms with van der Waals surface area (Å²) in [5.74, 6) is 0.764. The topological polar surface area (TPSA) is 79.8 Å². The zero-order valence-electron chi connectivity index (χ0n) is 14.5. The predicted molar refractivity (Wildman–Crippen MR) is 109 cm³/mol. The number of nitrogens with one attached hydrogen (secondary N) is 2. The number of hydrogen-bond donors (Lipinski definition) is 2. The highest BCUT2D eigenvalue weighted by Crippen LogP contribution is 2.10. The first kappa shape index (κ1) is 23.1. The summed E-state index contributed by atoms with van der Waals surface area (Å²) >= 11 is 0. The number of aliphatic imine (C=N–C) groups is 1. The van der Waals surface area contributed by atoms with Crippen molar-refractivity contribution in [2.75, 3.05) is 39.1 Å². The Balaban J connectivity index is 0.00000529. The molecule has 0 radical (unpaired) electrons. The number of halogens is 1. The van der Waals surface area contributed by atoms with Gasteiger partial charge in [0.05, 0.1) is 18.0 Å². The van der Waals surface area contributed by atoms with Gasteiger partial charge in [-0.1, -0.05) is 12.1 Å². The van der Waals surface area contributed by atoms with Gasteiger partial charge in [-0.2, -0.15) is 0 Å². The van der Waals surface area contributed by atoms with E-state index in [1.165, 1.54) is 6.26 Å². The molecule has 0 saturated carbocycles. The molecule has 8 heteroatoms. The number of sulfone groups is 1. The Morgan fingerprint density at radius 2 is 1.83 bits per heavy atom. The zero-order valence-corrected chi connectivity index (χ0v) is 17.7. The Morgan fingerprint density at radius 3 is 2.38 bits per heavy atom. The molecule has 6 nitrogen and oxygen atoms in total. The van der Waals surface area contributed by atoms with Gasteiger partial charge < -0.3 is 15.4 Å². The van der Waals surface area contributed by atoms with Crippen molar-refractivity contribution >= 4 is 39.8 Å². The van der Waals surface area contributed by atoms with Crippen LogP contribution in [0.25, 0.3) is 0 Å². The minimum atomic E-state index is -3.13. The number of nitrogens with zero attached hydrogens (tertiary/aromatic N) is 1. The Morgan fingerprint density at radius 1 is 1.17 bits per heavy atom. The largest absolute Gasteiger partial charge is 0.380 e. The molecule has 1 aromatic rings. The number of hydrogen-bond acceptors (Lipinski definition) is 4. The quantitative estimate of drug-likeness (QED) is 0.250. The summed E-state index contributed by atoms with van der Waals surface area (Å²) in [4.78, 5) is 4.77. The molecule has 2 N–H and O–H groups in total. The van der Waals surface area contributed by atoms with E-state index in [9.17, 15) is 8.42 Å². The summed E-state index contributed by atoms with van der Waals surface area (Å²) in [6, 6.07) is 6.98. The monoisotopic (exact) mass is 469 g/mol. The Hall–Kier alpha value is -0.870. The number of rotatable bonds is 9. The van der Waals surface area contributed by atoms with E-state index < -0.39 is 9.84 Å². The summed E-state index contributed by atoms with van der Waals surface area (Å²) in [6.45, 7) is 7.42. The second-order valence-corrected chi connectivity index (χ2v) is 7.07. The van der Waals surface area contributed by atoms with Gasteiger partial charge in [0.1, 0.15) is 0 Å². The molecule has 0 saturated heterocycles. The summed E-state index contributed by atoms with van der Waals surface area (Å²) in [5, 5.41) is 6.43. The molecular weight excluding hydrogens is 441 g/mol. The van der Waals surface area contributed by atoms with E-state index in [4.69, 9.17) is 4.74 Å². The molecule has 0 amide bonds. The molecule has 0 bridgehead atoms. The van der Waals surface area contributed by atoms with Crippen LogP contribution in [-0.2, 0) is 21.0 Å². The lowest BCUT2D eigenvalue weighted by Gasteiger charge is -2.11. The molecule has 0 aromatic heterocycles. The zero-order chi connectivity index (χ0) is 17.1. The first-order valence-corrected chi connectivity index (χ1v) is 9.75. The molecule has 0 aliphatic rings. The summed E-state index contributed by atoms with van der Waals surface area (Å²) < 4.78 is 28.1. The van der Waals surface area contributed by atoms with Gasteiger partial charge in [0, 0.05) is 26.0 Å². The van der Waals surface area contributed by atoms with E-state index in [2.05, 4.69) is 15.6 Å². The molecule has 0 spiro atoms. The van der Waals surface area contributed by atoms with Crippen molar-refractivity contribution in [1.82, 2.24) is 10.6 Å². The van der Waals surface area contributed by atoms with E-state index in [0.717, 1.165) is 31.0 Å². The molecule has 0 atom stereocenters. The average molecular weight is 469 g/mol. The normalized spacial score (nSPS) is 11.7. The van der Waals surface area contributed by atoms with Crippen molar-refractivity contribution in [2.45, 2.75) is 25.2 Å². The van der Waals surface area contributed by atoms with Crippen LogP contribution in [0.1, 0.15) is 19.4 Å². The molecule has 0 heterocycles. The highest BCUT2D eigenvalue weighted by atomic mass is 127. The van der Waals surface area contributed by atoms with Crippen LogP contribution in [0.3, 0.4) is 0 Å². The first-order valence-electron chi connectivity index (χ1n) is 7.86. The predicted octanol–water partition coefficient (Wildman–Crippen LogP) is 1.84. The van der Waals surface area contributed by atoms with Crippen LogP contribution in [0, 0.1) is 0 Å². The van der Waals surface area contributed by atoms with E-state index in [1.54, 1.807) is 12.1 Å². The van der Waals surface area contributed by atoms with Crippen LogP contribution in [0.15, 0.2) is 34.2 Å². The highest BCUT2D eigenvalue weighted by Gasteiger charge is 2.06. The van der Waals surface area contributed by atoms with Gasteiger partial charge in [0.15, 0.2) is 15.8 Å². The van der Waals surface area contributed by atoms with Crippen molar-refractivity contribution in [1.29, 1.82) is 0 Å². The Labute approximate surface area is 162 Å². The molecule has 1 aromatic carbocycles. The minimum Gasteiger partial charge on any atom is -0.380 e. The third-order valence-electron chi connectivity index (χ3n) is 3.11. The fraction of sp³-hybridized carbons (Fsp3) is 0.562. The maximum Gasteiger partial charge on any atom is 0.191 e. The number of guanidine groups is 1. The first-order chi connectivity index (χ1) is 11.0. The maximum atomic E-state index is 11.4. The van der Waals surface area contributed by atoms with E-state index >= 15 is 0 Å². The molecule has 24 heavy (non-hydrogen) atoms. The van der Waals surface area contributed by atoms with Gasteiger partial charge in [-0.25, -0.2) is 8.42 Å². The number of benzene rings is 1. The maximum absolute atomic E-state index is 11.4. The smallest absolute Gasteiger partial charge is 0.191 e. The molecule has 138 valence electrons. The Kier molecular flexibility index (Phi) is 12.0. The van der Waals surface area contributed by atoms with Crippen molar-refractivity contribution in [3.8, 4) is 0 Å². The fourth-order valence-electron chi connectivity index (χ4n) is 1.94. The third-order valence-corrected chi connectivity index (χ3v) is 4.24. The van der Waals surface area contributed by atoms with E-state index in [-0.39, 0.29) is 24.0 Å². The fourth-order valence-corrected chi connectivity index (χ4v) is 2.57. The molecule has 1 rings (SSSR count). The lowest BCUT2D eigenvalue weighted by Crippen LogP contribution is -2.38. The van der Waals surface area contributed by atoms with Crippen molar-refractivity contribution in [3.63, 3.8) is 0 Å². The third kappa shape index (κ3) is 9.43. The summed E-state index contributed by atoms with van der Waals surface area (Å²) in [7, 11) is -3.13. The highest BCUT2D eigenvalue weighted by molar-refractivity contribution is 14.0. The molecular formula is C16H28IN3O3S. The van der Waals surface area contributed by atoms with Crippen LogP contribution in [0.2, 0.25) is 0 Å². The van der Waals surface area contributed by atoms with Crippen LogP contribution in [0.5, 0.6) is 0 Å². The Bertz CT molecular complexity index is 589. The van der Waals surface area contributed by atoms with Crippen LogP contribution < -0.4 is 10.6 Å².